The number of unbranched alkanes of at least 4 members (excludes halogenated alkanes) is 1. The largest absolute Gasteiger partial charge is 0.298 e. The maximum absolute atomic E-state index is 10.8. The molecule has 1 heterocycles. The summed E-state index contributed by atoms with van der Waals surface area (Å²) in [6, 6.07) is 8.35. The van der Waals surface area contributed by atoms with Gasteiger partial charge in [0.15, 0.2) is 6.29 Å². The Morgan fingerprint density at radius 1 is 1.28 bits per heavy atom. The Balaban J connectivity index is 2.20. The van der Waals surface area contributed by atoms with E-state index in [0.29, 0.717) is 5.56 Å². The molecule has 0 bridgehead atoms. The fourth-order valence-corrected chi connectivity index (χ4v) is 1.92. The van der Waals surface area contributed by atoms with E-state index in [1.54, 1.807) is 10.9 Å². The molecule has 0 atom stereocenters. The zero-order valence-electron chi connectivity index (χ0n) is 10.9. The quantitative estimate of drug-likeness (QED) is 0.754. The van der Waals surface area contributed by atoms with Crippen LogP contribution in [0.5, 0.6) is 0 Å². The minimum atomic E-state index is 0.644. The van der Waals surface area contributed by atoms with Crippen molar-refractivity contribution in [2.24, 2.45) is 0 Å². The molecule has 0 spiro atoms. The van der Waals surface area contributed by atoms with Gasteiger partial charge in [0.1, 0.15) is 0 Å². The number of carbonyl (C=O) groups is 1. The molecule has 0 amide bonds. The van der Waals surface area contributed by atoms with Crippen LogP contribution >= 0.6 is 0 Å². The monoisotopic (exact) mass is 242 g/mol. The van der Waals surface area contributed by atoms with Gasteiger partial charge in [-0.25, -0.2) is 4.68 Å². The van der Waals surface area contributed by atoms with E-state index in [4.69, 9.17) is 0 Å². The third-order valence-electron chi connectivity index (χ3n) is 3.08. The summed E-state index contributed by atoms with van der Waals surface area (Å²) in [6.07, 6.45) is 6.16. The van der Waals surface area contributed by atoms with Crippen molar-refractivity contribution in [2.45, 2.75) is 33.1 Å². The van der Waals surface area contributed by atoms with Crippen LogP contribution in [0.2, 0.25) is 0 Å². The zero-order valence-corrected chi connectivity index (χ0v) is 10.9. The molecule has 0 saturated carbocycles. The molecular weight excluding hydrogens is 224 g/mol. The molecule has 3 heteroatoms. The van der Waals surface area contributed by atoms with Gasteiger partial charge in [-0.15, -0.1) is 0 Å². The second-order valence-electron chi connectivity index (χ2n) is 4.50. The highest BCUT2D eigenvalue weighted by atomic mass is 16.1. The fourth-order valence-electron chi connectivity index (χ4n) is 1.92. The van der Waals surface area contributed by atoms with Crippen LogP contribution in [0.25, 0.3) is 5.69 Å². The Bertz CT molecular complexity index is 526. The van der Waals surface area contributed by atoms with Gasteiger partial charge in [-0.2, -0.15) is 5.10 Å². The number of aromatic nitrogens is 2. The predicted molar refractivity (Wildman–Crippen MR) is 72.3 cm³/mol. The first-order chi connectivity index (χ1) is 8.74. The smallest absolute Gasteiger partial charge is 0.153 e. The SMILES string of the molecule is CCCCc1ccc(-n2cc(C=O)c(C)n2)cc1. The lowest BCUT2D eigenvalue weighted by atomic mass is 10.1. The van der Waals surface area contributed by atoms with Gasteiger partial charge in [-0.1, -0.05) is 25.5 Å². The Kier molecular flexibility index (Phi) is 3.92. The molecule has 18 heavy (non-hydrogen) atoms. The highest BCUT2D eigenvalue weighted by Crippen LogP contribution is 2.13. The summed E-state index contributed by atoms with van der Waals surface area (Å²) >= 11 is 0. The summed E-state index contributed by atoms with van der Waals surface area (Å²) < 4.78 is 1.75. The standard InChI is InChI=1S/C15H18N2O/c1-3-4-5-13-6-8-15(9-7-13)17-10-14(11-18)12(2)16-17/h6-11H,3-5H2,1-2H3. The van der Waals surface area contributed by atoms with Crippen molar-refractivity contribution in [1.29, 1.82) is 0 Å². The lowest BCUT2D eigenvalue weighted by molar-refractivity contribution is 0.112. The van der Waals surface area contributed by atoms with E-state index in [2.05, 4.69) is 24.2 Å². The van der Waals surface area contributed by atoms with Crippen LogP contribution in [-0.4, -0.2) is 16.1 Å². The lowest BCUT2D eigenvalue weighted by Crippen LogP contribution is -1.95. The molecule has 0 aliphatic rings. The van der Waals surface area contributed by atoms with Crippen molar-refractivity contribution in [3.63, 3.8) is 0 Å². The van der Waals surface area contributed by atoms with Crippen molar-refractivity contribution in [3.8, 4) is 5.69 Å². The first kappa shape index (κ1) is 12.6. The number of hydrogen-bond acceptors (Lipinski definition) is 2. The van der Waals surface area contributed by atoms with Gasteiger partial charge in [0.05, 0.1) is 16.9 Å². The van der Waals surface area contributed by atoms with Crippen LogP contribution in [0.3, 0.4) is 0 Å². The first-order valence-electron chi connectivity index (χ1n) is 6.35. The van der Waals surface area contributed by atoms with E-state index in [-0.39, 0.29) is 0 Å². The van der Waals surface area contributed by atoms with E-state index in [0.717, 1.165) is 24.1 Å². The molecule has 0 N–H and O–H groups in total. The van der Waals surface area contributed by atoms with Crippen LogP contribution < -0.4 is 0 Å². The fraction of sp³-hybridized carbons (Fsp3) is 0.333. The summed E-state index contributed by atoms with van der Waals surface area (Å²) in [6.45, 7) is 4.04. The average molecular weight is 242 g/mol. The number of benzene rings is 1. The molecule has 1 aromatic carbocycles. The number of carbonyl (C=O) groups excluding carboxylic acids is 1. The maximum Gasteiger partial charge on any atom is 0.153 e. The molecular formula is C15H18N2O. The number of rotatable bonds is 5. The number of hydrogen-bond donors (Lipinski definition) is 0. The summed E-state index contributed by atoms with van der Waals surface area (Å²) in [4.78, 5) is 10.8. The van der Waals surface area contributed by atoms with Crippen molar-refractivity contribution >= 4 is 6.29 Å². The molecule has 2 rings (SSSR count). The predicted octanol–water partition coefficient (Wildman–Crippen LogP) is 3.34. The van der Waals surface area contributed by atoms with Crippen molar-refractivity contribution in [1.82, 2.24) is 9.78 Å². The van der Waals surface area contributed by atoms with Gasteiger partial charge in [0.25, 0.3) is 0 Å². The van der Waals surface area contributed by atoms with Crippen molar-refractivity contribution < 1.29 is 4.79 Å². The van der Waals surface area contributed by atoms with E-state index in [9.17, 15) is 4.79 Å². The van der Waals surface area contributed by atoms with Crippen molar-refractivity contribution in [3.05, 3.63) is 47.3 Å². The Morgan fingerprint density at radius 2 is 2.00 bits per heavy atom. The van der Waals surface area contributed by atoms with Gasteiger partial charge < -0.3 is 0 Å². The van der Waals surface area contributed by atoms with E-state index >= 15 is 0 Å². The minimum Gasteiger partial charge on any atom is -0.298 e. The molecule has 0 unspecified atom stereocenters. The molecule has 0 fully saturated rings. The van der Waals surface area contributed by atoms with Crippen LogP contribution in [0, 0.1) is 6.92 Å². The zero-order chi connectivity index (χ0) is 13.0. The Morgan fingerprint density at radius 3 is 2.56 bits per heavy atom. The Hall–Kier alpha value is -1.90. The van der Waals surface area contributed by atoms with Gasteiger partial charge in [0, 0.05) is 6.20 Å². The highest BCUT2D eigenvalue weighted by Gasteiger charge is 2.05. The topological polar surface area (TPSA) is 34.9 Å². The van der Waals surface area contributed by atoms with E-state index in [1.165, 1.54) is 18.4 Å². The second-order valence-corrected chi connectivity index (χ2v) is 4.50. The summed E-state index contributed by atoms with van der Waals surface area (Å²) in [5.74, 6) is 0. The summed E-state index contributed by atoms with van der Waals surface area (Å²) in [5.41, 5.74) is 3.75. The summed E-state index contributed by atoms with van der Waals surface area (Å²) in [7, 11) is 0. The normalized spacial score (nSPS) is 10.6. The van der Waals surface area contributed by atoms with Crippen LogP contribution in [0.4, 0.5) is 0 Å². The van der Waals surface area contributed by atoms with Gasteiger partial charge in [0.2, 0.25) is 0 Å². The average Bonchev–Trinajstić information content (AvgIpc) is 2.78. The third kappa shape index (κ3) is 2.67. The molecule has 3 nitrogen and oxygen atoms in total. The molecule has 0 aliphatic carbocycles. The molecule has 0 saturated heterocycles. The summed E-state index contributed by atoms with van der Waals surface area (Å²) in [5, 5.41) is 4.33. The molecule has 1 aromatic heterocycles. The van der Waals surface area contributed by atoms with Gasteiger partial charge >= 0.3 is 0 Å². The Labute approximate surface area is 107 Å². The highest BCUT2D eigenvalue weighted by molar-refractivity contribution is 5.76. The van der Waals surface area contributed by atoms with E-state index < -0.39 is 0 Å². The number of aryl methyl sites for hydroxylation is 2. The molecule has 2 aromatic rings. The van der Waals surface area contributed by atoms with E-state index in [1.807, 2.05) is 19.1 Å². The first-order valence-corrected chi connectivity index (χ1v) is 6.35. The van der Waals surface area contributed by atoms with Crippen LogP contribution in [-0.2, 0) is 6.42 Å². The number of aldehydes is 1. The molecule has 94 valence electrons. The van der Waals surface area contributed by atoms with Crippen molar-refractivity contribution in [2.75, 3.05) is 0 Å². The lowest BCUT2D eigenvalue weighted by Gasteiger charge is -2.03. The third-order valence-corrected chi connectivity index (χ3v) is 3.08. The molecule has 0 radical (unpaired) electrons. The van der Waals surface area contributed by atoms with Gasteiger partial charge in [-0.05, 0) is 37.5 Å². The van der Waals surface area contributed by atoms with Crippen LogP contribution in [0.1, 0.15) is 41.4 Å². The second kappa shape index (κ2) is 5.63. The molecule has 0 aliphatic heterocycles. The number of nitrogens with zero attached hydrogens (tertiary/aromatic N) is 2. The maximum atomic E-state index is 10.8. The van der Waals surface area contributed by atoms with Crippen LogP contribution in [0.15, 0.2) is 30.5 Å². The minimum absolute atomic E-state index is 0.644. The van der Waals surface area contributed by atoms with Gasteiger partial charge in [-0.3, -0.25) is 4.79 Å².